The Hall–Kier alpha value is -1.54. The van der Waals surface area contributed by atoms with E-state index in [1.165, 1.54) is 10.8 Å². The number of nitriles is 1. The molecule has 0 bridgehead atoms. The lowest BCUT2D eigenvalue weighted by molar-refractivity contribution is 0.695. The molecular formula is C7H6ClN3O2. The van der Waals surface area contributed by atoms with Crippen molar-refractivity contribution in [1.82, 2.24) is 9.55 Å². The summed E-state index contributed by atoms with van der Waals surface area (Å²) in [5.74, 6) is 0.247. The highest BCUT2D eigenvalue weighted by Crippen LogP contribution is 1.86. The van der Waals surface area contributed by atoms with E-state index in [-0.39, 0.29) is 18.0 Å². The Morgan fingerprint density at radius 1 is 1.62 bits per heavy atom. The molecule has 0 saturated carbocycles. The molecule has 0 aliphatic heterocycles. The smallest absolute Gasteiger partial charge is 0.298 e. The summed E-state index contributed by atoms with van der Waals surface area (Å²) in [6, 6.07) is 1.67. The summed E-state index contributed by atoms with van der Waals surface area (Å²) >= 11 is 5.41. The molecule has 13 heavy (non-hydrogen) atoms. The van der Waals surface area contributed by atoms with Crippen molar-refractivity contribution < 1.29 is 0 Å². The zero-order valence-corrected chi connectivity index (χ0v) is 7.34. The van der Waals surface area contributed by atoms with Crippen molar-refractivity contribution in [2.45, 2.75) is 6.54 Å². The van der Waals surface area contributed by atoms with Gasteiger partial charge in [-0.25, -0.2) is 4.79 Å². The molecule has 1 rings (SSSR count). The summed E-state index contributed by atoms with van der Waals surface area (Å²) in [4.78, 5) is 24.0. The van der Waals surface area contributed by atoms with Crippen LogP contribution < -0.4 is 11.2 Å². The normalized spacial score (nSPS) is 9.54. The molecule has 0 radical (unpaired) electrons. The summed E-state index contributed by atoms with van der Waals surface area (Å²) in [5, 5.41) is 8.48. The number of hydrogen-bond donors (Lipinski definition) is 1. The van der Waals surface area contributed by atoms with Crippen LogP contribution in [-0.2, 0) is 6.54 Å². The van der Waals surface area contributed by atoms with Crippen molar-refractivity contribution in [2.24, 2.45) is 0 Å². The summed E-state index contributed by atoms with van der Waals surface area (Å²) in [5.41, 5.74) is -1.31. The third-order valence-electron chi connectivity index (χ3n) is 1.46. The fourth-order valence-electron chi connectivity index (χ4n) is 0.846. The van der Waals surface area contributed by atoms with E-state index in [9.17, 15) is 9.59 Å². The van der Waals surface area contributed by atoms with Gasteiger partial charge in [-0.1, -0.05) is 0 Å². The molecule has 68 valence electrons. The molecular weight excluding hydrogens is 194 g/mol. The lowest BCUT2D eigenvalue weighted by Gasteiger charge is -2.00. The van der Waals surface area contributed by atoms with Gasteiger partial charge in [-0.15, -0.1) is 11.6 Å². The van der Waals surface area contributed by atoms with Crippen LogP contribution in [0, 0.1) is 11.3 Å². The van der Waals surface area contributed by atoms with Crippen LogP contribution in [0.25, 0.3) is 0 Å². The van der Waals surface area contributed by atoms with Gasteiger partial charge in [-0.05, 0) is 0 Å². The average molecular weight is 200 g/mol. The summed E-state index contributed by atoms with van der Waals surface area (Å²) in [7, 11) is 0. The van der Waals surface area contributed by atoms with Crippen LogP contribution in [0.4, 0.5) is 0 Å². The maximum absolute atomic E-state index is 11.0. The molecule has 0 unspecified atom stereocenters. The number of aromatic amines is 1. The van der Waals surface area contributed by atoms with Gasteiger partial charge in [-0.2, -0.15) is 5.26 Å². The zero-order chi connectivity index (χ0) is 9.84. The van der Waals surface area contributed by atoms with E-state index < -0.39 is 11.2 Å². The SMILES string of the molecule is N#Cc1cn(CCCl)c(=O)[nH]c1=O. The standard InChI is InChI=1S/C7H6ClN3O2/c8-1-2-11-4-5(3-9)6(12)10-7(11)13/h4H,1-2H2,(H,10,12,13). The number of aromatic nitrogens is 2. The van der Waals surface area contributed by atoms with Gasteiger partial charge < -0.3 is 0 Å². The van der Waals surface area contributed by atoms with E-state index in [0.29, 0.717) is 0 Å². The monoisotopic (exact) mass is 199 g/mol. The van der Waals surface area contributed by atoms with Crippen LogP contribution in [-0.4, -0.2) is 15.4 Å². The molecule has 5 nitrogen and oxygen atoms in total. The summed E-state index contributed by atoms with van der Waals surface area (Å²) in [6.45, 7) is 0.270. The molecule has 6 heteroatoms. The lowest BCUT2D eigenvalue weighted by atomic mass is 10.4. The number of H-pyrrole nitrogens is 1. The Balaban J connectivity index is 3.33. The molecule has 1 aromatic rings. The minimum atomic E-state index is -0.668. The van der Waals surface area contributed by atoms with Gasteiger partial charge in [0.15, 0.2) is 0 Å². The first-order valence-corrected chi connectivity index (χ1v) is 4.02. The maximum atomic E-state index is 11.0. The van der Waals surface area contributed by atoms with E-state index in [2.05, 4.69) is 0 Å². The minimum Gasteiger partial charge on any atom is -0.298 e. The Bertz CT molecular complexity index is 454. The van der Waals surface area contributed by atoms with Gasteiger partial charge in [0.2, 0.25) is 0 Å². The van der Waals surface area contributed by atoms with Gasteiger partial charge in [0.25, 0.3) is 5.56 Å². The van der Waals surface area contributed by atoms with E-state index in [1.807, 2.05) is 4.98 Å². The Morgan fingerprint density at radius 3 is 2.85 bits per heavy atom. The highest BCUT2D eigenvalue weighted by Gasteiger charge is 2.02. The van der Waals surface area contributed by atoms with E-state index in [0.717, 1.165) is 0 Å². The third-order valence-corrected chi connectivity index (χ3v) is 1.63. The topological polar surface area (TPSA) is 78.7 Å². The number of halogens is 1. The summed E-state index contributed by atoms with van der Waals surface area (Å²) < 4.78 is 1.19. The lowest BCUT2D eigenvalue weighted by Crippen LogP contribution is -2.31. The zero-order valence-electron chi connectivity index (χ0n) is 6.58. The van der Waals surface area contributed by atoms with Crippen LogP contribution in [0.1, 0.15) is 5.56 Å². The Kier molecular flexibility index (Phi) is 2.88. The molecule has 1 heterocycles. The number of alkyl halides is 1. The molecule has 0 saturated heterocycles. The third kappa shape index (κ3) is 1.98. The Morgan fingerprint density at radius 2 is 2.31 bits per heavy atom. The van der Waals surface area contributed by atoms with Gasteiger partial charge in [-0.3, -0.25) is 14.3 Å². The fourth-order valence-corrected chi connectivity index (χ4v) is 1.03. The second-order valence-electron chi connectivity index (χ2n) is 2.30. The minimum absolute atomic E-state index is 0.0929. The quantitative estimate of drug-likeness (QED) is 0.661. The van der Waals surface area contributed by atoms with Gasteiger partial charge in [0.05, 0.1) is 0 Å². The van der Waals surface area contributed by atoms with Gasteiger partial charge in [0, 0.05) is 18.6 Å². The number of aryl methyl sites for hydroxylation is 1. The first-order valence-electron chi connectivity index (χ1n) is 3.49. The summed E-state index contributed by atoms with van der Waals surface area (Å²) in [6.07, 6.45) is 1.20. The number of rotatable bonds is 2. The van der Waals surface area contributed by atoms with Crippen LogP contribution >= 0.6 is 11.6 Å². The molecule has 0 aliphatic carbocycles. The van der Waals surface area contributed by atoms with Crippen molar-refractivity contribution >= 4 is 11.6 Å². The second kappa shape index (κ2) is 3.92. The van der Waals surface area contributed by atoms with Gasteiger partial charge >= 0.3 is 5.69 Å². The Labute approximate surface area is 78.2 Å². The molecule has 1 aromatic heterocycles. The predicted molar refractivity (Wildman–Crippen MR) is 46.8 cm³/mol. The predicted octanol–water partition coefficient (Wildman–Crippen LogP) is -0.353. The van der Waals surface area contributed by atoms with Crippen molar-refractivity contribution in [3.05, 3.63) is 32.6 Å². The number of hydrogen-bond acceptors (Lipinski definition) is 3. The maximum Gasteiger partial charge on any atom is 0.328 e. The van der Waals surface area contributed by atoms with Crippen molar-refractivity contribution in [1.29, 1.82) is 5.26 Å². The number of nitrogens with zero attached hydrogens (tertiary/aromatic N) is 2. The molecule has 0 atom stereocenters. The molecule has 0 amide bonds. The average Bonchev–Trinajstić information content (AvgIpc) is 2.10. The molecule has 0 aromatic carbocycles. The second-order valence-corrected chi connectivity index (χ2v) is 2.67. The molecule has 0 fully saturated rings. The van der Waals surface area contributed by atoms with Gasteiger partial charge in [0.1, 0.15) is 11.6 Å². The van der Waals surface area contributed by atoms with Crippen LogP contribution in [0.5, 0.6) is 0 Å². The number of nitrogens with one attached hydrogen (secondary N) is 1. The van der Waals surface area contributed by atoms with Crippen molar-refractivity contribution in [3.8, 4) is 6.07 Å². The molecule has 0 aliphatic rings. The van der Waals surface area contributed by atoms with Crippen LogP contribution in [0.2, 0.25) is 0 Å². The molecule has 1 N–H and O–H groups in total. The van der Waals surface area contributed by atoms with E-state index in [1.54, 1.807) is 6.07 Å². The van der Waals surface area contributed by atoms with Crippen molar-refractivity contribution in [3.63, 3.8) is 0 Å². The van der Waals surface area contributed by atoms with Crippen LogP contribution in [0.3, 0.4) is 0 Å². The van der Waals surface area contributed by atoms with E-state index in [4.69, 9.17) is 16.9 Å². The fraction of sp³-hybridized carbons (Fsp3) is 0.286. The van der Waals surface area contributed by atoms with Crippen molar-refractivity contribution in [2.75, 3.05) is 5.88 Å². The first-order chi connectivity index (χ1) is 6.19. The highest BCUT2D eigenvalue weighted by molar-refractivity contribution is 6.17. The molecule has 0 spiro atoms. The highest BCUT2D eigenvalue weighted by atomic mass is 35.5. The largest absolute Gasteiger partial charge is 0.328 e. The van der Waals surface area contributed by atoms with E-state index >= 15 is 0 Å². The van der Waals surface area contributed by atoms with Crippen LogP contribution in [0.15, 0.2) is 15.8 Å². The first kappa shape index (κ1) is 9.55.